The molecule has 20 heavy (non-hydrogen) atoms. The fourth-order valence-electron chi connectivity index (χ4n) is 1.45. The van der Waals surface area contributed by atoms with E-state index < -0.39 is 24.0 Å². The first-order valence-electron chi connectivity index (χ1n) is 5.79. The Bertz CT molecular complexity index is 465. The Morgan fingerprint density at radius 3 is 2.00 bits per heavy atom. The number of hydrogen-bond acceptors (Lipinski definition) is 6. The fraction of sp³-hybridized carbons (Fsp3) is 0.333. The van der Waals surface area contributed by atoms with Crippen molar-refractivity contribution < 1.29 is 24.9 Å². The number of rotatable bonds is 8. The zero-order chi connectivity index (χ0) is 15.1. The Hall–Kier alpha value is -1.77. The van der Waals surface area contributed by atoms with E-state index in [1.165, 1.54) is 12.1 Å². The van der Waals surface area contributed by atoms with Gasteiger partial charge in [0.1, 0.15) is 17.8 Å². The number of phenolic OH excluding ortho intramolecular Hbond substituents is 1. The maximum atomic E-state index is 11.1. The van der Waals surface area contributed by atoms with Crippen molar-refractivity contribution in [1.29, 1.82) is 0 Å². The quantitative estimate of drug-likeness (QED) is 0.292. The standard InChI is InChI=1S/C12H16N2O5S/c15-8-3-1-7(2-4-8)5-9(11(16)17)13-14-10(6-20)12(18)19/h1-4,9-10,13-15,20H,5-6H2,(H,16,17)(H,18,19)/t9-,10-/m0/s1. The normalized spacial score (nSPS) is 13.7. The maximum absolute atomic E-state index is 11.1. The first kappa shape index (κ1) is 16.3. The van der Waals surface area contributed by atoms with E-state index >= 15 is 0 Å². The molecule has 0 heterocycles. The second-order valence-electron chi connectivity index (χ2n) is 4.12. The van der Waals surface area contributed by atoms with Crippen LogP contribution in [0.3, 0.4) is 0 Å². The highest BCUT2D eigenvalue weighted by Gasteiger charge is 2.21. The molecule has 8 heteroatoms. The molecule has 0 spiro atoms. The molecule has 0 saturated heterocycles. The summed E-state index contributed by atoms with van der Waals surface area (Å²) in [6.07, 6.45) is 0.140. The van der Waals surface area contributed by atoms with Gasteiger partial charge in [-0.3, -0.25) is 9.59 Å². The van der Waals surface area contributed by atoms with Crippen LogP contribution in [0.4, 0.5) is 0 Å². The lowest BCUT2D eigenvalue weighted by Gasteiger charge is -2.18. The van der Waals surface area contributed by atoms with E-state index in [0.717, 1.165) is 0 Å². The third-order valence-electron chi connectivity index (χ3n) is 2.59. The lowest BCUT2D eigenvalue weighted by atomic mass is 10.1. The van der Waals surface area contributed by atoms with Gasteiger partial charge in [0.2, 0.25) is 0 Å². The molecule has 0 radical (unpaired) electrons. The fourth-order valence-corrected chi connectivity index (χ4v) is 1.70. The Balaban J connectivity index is 2.63. The van der Waals surface area contributed by atoms with Crippen LogP contribution in [0.1, 0.15) is 5.56 Å². The average Bonchev–Trinajstić information content (AvgIpc) is 2.39. The highest BCUT2D eigenvalue weighted by atomic mass is 32.1. The molecule has 5 N–H and O–H groups in total. The number of hydrazine groups is 1. The van der Waals surface area contributed by atoms with E-state index in [4.69, 9.17) is 15.3 Å². The second kappa shape index (κ2) is 7.73. The lowest BCUT2D eigenvalue weighted by molar-refractivity contribution is -0.142. The van der Waals surface area contributed by atoms with E-state index in [1.54, 1.807) is 12.1 Å². The van der Waals surface area contributed by atoms with Gasteiger partial charge in [-0.2, -0.15) is 12.6 Å². The van der Waals surface area contributed by atoms with Gasteiger partial charge >= 0.3 is 11.9 Å². The molecule has 0 aliphatic carbocycles. The summed E-state index contributed by atoms with van der Waals surface area (Å²) >= 11 is 3.86. The molecular formula is C12H16N2O5S. The number of phenols is 1. The molecular weight excluding hydrogens is 284 g/mol. The molecule has 1 aromatic carbocycles. The largest absolute Gasteiger partial charge is 0.508 e. The number of carboxylic acid groups (broad SMARTS) is 2. The van der Waals surface area contributed by atoms with Crippen LogP contribution in [0, 0.1) is 0 Å². The van der Waals surface area contributed by atoms with Gasteiger partial charge in [0, 0.05) is 5.75 Å². The second-order valence-corrected chi connectivity index (χ2v) is 4.49. The highest BCUT2D eigenvalue weighted by molar-refractivity contribution is 7.80. The molecule has 0 saturated carbocycles. The van der Waals surface area contributed by atoms with Crippen LogP contribution < -0.4 is 10.9 Å². The predicted octanol–water partition coefficient (Wildman–Crippen LogP) is -0.135. The SMILES string of the molecule is O=C(O)[C@H](CS)NN[C@@H](Cc1ccc(O)cc1)C(=O)O. The lowest BCUT2D eigenvalue weighted by Crippen LogP contribution is -2.53. The monoisotopic (exact) mass is 300 g/mol. The Kier molecular flexibility index (Phi) is 6.29. The first-order chi connectivity index (χ1) is 9.43. The van der Waals surface area contributed by atoms with Crippen LogP contribution in [0.25, 0.3) is 0 Å². The summed E-state index contributed by atoms with van der Waals surface area (Å²) < 4.78 is 0. The van der Waals surface area contributed by atoms with Gasteiger partial charge in [-0.1, -0.05) is 12.1 Å². The number of thiol groups is 1. The average molecular weight is 300 g/mol. The summed E-state index contributed by atoms with van der Waals surface area (Å²) in [6, 6.07) is 4.12. The van der Waals surface area contributed by atoms with Crippen LogP contribution in [0.15, 0.2) is 24.3 Å². The molecule has 1 rings (SSSR count). The van der Waals surface area contributed by atoms with Crippen molar-refractivity contribution >= 4 is 24.6 Å². The number of aromatic hydroxyl groups is 1. The van der Waals surface area contributed by atoms with Crippen molar-refractivity contribution in [3.8, 4) is 5.75 Å². The number of carboxylic acids is 2. The summed E-state index contributed by atoms with van der Waals surface area (Å²) in [5.74, 6) is -2.13. The molecule has 0 amide bonds. The van der Waals surface area contributed by atoms with Gasteiger partial charge in [-0.25, -0.2) is 10.9 Å². The molecule has 0 fully saturated rings. The smallest absolute Gasteiger partial charge is 0.322 e. The molecule has 7 nitrogen and oxygen atoms in total. The molecule has 0 unspecified atom stereocenters. The Morgan fingerprint density at radius 1 is 1.05 bits per heavy atom. The van der Waals surface area contributed by atoms with Crippen molar-refractivity contribution in [1.82, 2.24) is 10.9 Å². The van der Waals surface area contributed by atoms with Gasteiger partial charge in [-0.15, -0.1) is 0 Å². The molecule has 0 aromatic heterocycles. The van der Waals surface area contributed by atoms with Crippen LogP contribution in [-0.2, 0) is 16.0 Å². The minimum absolute atomic E-state index is 0.0217. The van der Waals surface area contributed by atoms with Crippen molar-refractivity contribution in [2.24, 2.45) is 0 Å². The zero-order valence-electron chi connectivity index (χ0n) is 10.5. The van der Waals surface area contributed by atoms with Gasteiger partial charge in [0.15, 0.2) is 0 Å². The van der Waals surface area contributed by atoms with Gasteiger partial charge < -0.3 is 15.3 Å². The van der Waals surface area contributed by atoms with Gasteiger partial charge in [0.05, 0.1) is 0 Å². The van der Waals surface area contributed by atoms with Gasteiger partial charge in [0.25, 0.3) is 0 Å². The molecule has 2 atom stereocenters. The Labute approximate surface area is 121 Å². The third kappa shape index (κ3) is 5.08. The minimum atomic E-state index is -1.12. The van der Waals surface area contributed by atoms with Crippen molar-refractivity contribution in [2.45, 2.75) is 18.5 Å². The summed E-state index contributed by atoms with van der Waals surface area (Å²) in [5, 5.41) is 27.1. The molecule has 0 bridgehead atoms. The van der Waals surface area contributed by atoms with Crippen LogP contribution >= 0.6 is 12.6 Å². The van der Waals surface area contributed by atoms with E-state index in [-0.39, 0.29) is 17.9 Å². The van der Waals surface area contributed by atoms with Crippen LogP contribution in [-0.4, -0.2) is 45.1 Å². The Morgan fingerprint density at radius 2 is 1.55 bits per heavy atom. The van der Waals surface area contributed by atoms with E-state index in [1.807, 2.05) is 0 Å². The van der Waals surface area contributed by atoms with Crippen molar-refractivity contribution in [3.05, 3.63) is 29.8 Å². The van der Waals surface area contributed by atoms with Crippen molar-refractivity contribution in [2.75, 3.05) is 5.75 Å². The molecule has 1 aromatic rings. The number of aliphatic carboxylic acids is 2. The number of benzene rings is 1. The maximum Gasteiger partial charge on any atom is 0.322 e. The number of hydrogen-bond donors (Lipinski definition) is 6. The van der Waals surface area contributed by atoms with Crippen LogP contribution in [0.2, 0.25) is 0 Å². The van der Waals surface area contributed by atoms with Crippen molar-refractivity contribution in [3.63, 3.8) is 0 Å². The molecule has 0 aliphatic rings. The zero-order valence-corrected chi connectivity index (χ0v) is 11.4. The minimum Gasteiger partial charge on any atom is -0.508 e. The van der Waals surface area contributed by atoms with E-state index in [9.17, 15) is 9.59 Å². The summed E-state index contributed by atoms with van der Waals surface area (Å²) in [5.41, 5.74) is 5.60. The first-order valence-corrected chi connectivity index (χ1v) is 6.42. The predicted molar refractivity (Wildman–Crippen MR) is 74.8 cm³/mol. The summed E-state index contributed by atoms with van der Waals surface area (Å²) in [7, 11) is 0. The molecule has 0 aliphatic heterocycles. The topological polar surface area (TPSA) is 119 Å². The van der Waals surface area contributed by atoms with E-state index in [0.29, 0.717) is 5.56 Å². The highest BCUT2D eigenvalue weighted by Crippen LogP contribution is 2.11. The molecule has 110 valence electrons. The summed E-state index contributed by atoms with van der Waals surface area (Å²) in [4.78, 5) is 21.9. The van der Waals surface area contributed by atoms with Gasteiger partial charge in [-0.05, 0) is 24.1 Å². The number of nitrogens with one attached hydrogen (secondary N) is 2. The summed E-state index contributed by atoms with van der Waals surface area (Å²) in [6.45, 7) is 0. The van der Waals surface area contributed by atoms with Crippen LogP contribution in [0.5, 0.6) is 5.75 Å². The third-order valence-corrected chi connectivity index (χ3v) is 2.95. The number of carbonyl (C=O) groups is 2. The van der Waals surface area contributed by atoms with E-state index in [2.05, 4.69) is 23.5 Å².